The van der Waals surface area contributed by atoms with Crippen LogP contribution in [0.4, 0.5) is 0 Å². The van der Waals surface area contributed by atoms with Gasteiger partial charge in [0.15, 0.2) is 0 Å². The highest BCUT2D eigenvalue weighted by Gasteiger charge is 2.02. The zero-order valence-corrected chi connectivity index (χ0v) is 7.51. The first-order valence-corrected chi connectivity index (χ1v) is 4.11. The topological polar surface area (TPSA) is 38.9 Å². The van der Waals surface area contributed by atoms with Crippen LogP contribution >= 0.6 is 11.6 Å². The fourth-order valence-corrected chi connectivity index (χ4v) is 1.22. The Bertz CT molecular complexity index is 284. The number of nitrogens with two attached hydrogens (primary N) is 1. The van der Waals surface area contributed by atoms with Crippen LogP contribution in [0.2, 0.25) is 5.02 Å². The van der Waals surface area contributed by atoms with Gasteiger partial charge in [-0.2, -0.15) is 0 Å². The molecule has 0 spiro atoms. The Balaban J connectivity index is 2.87. The predicted octanol–water partition coefficient (Wildman–Crippen LogP) is 2.10. The van der Waals surface area contributed by atoms with E-state index >= 15 is 0 Å². The molecule has 0 bridgehead atoms. The number of hydrogen-bond donors (Lipinski definition) is 1. The first-order valence-electron chi connectivity index (χ1n) is 3.73. The van der Waals surface area contributed by atoms with Crippen LogP contribution in [0.25, 0.3) is 5.57 Å². The lowest BCUT2D eigenvalue weighted by atomic mass is 10.1. The molecule has 0 atom stereocenters. The fourth-order valence-electron chi connectivity index (χ4n) is 0.971. The average molecular weight is 183 g/mol. The third-order valence-electron chi connectivity index (χ3n) is 1.60. The van der Waals surface area contributed by atoms with Crippen molar-refractivity contribution >= 4 is 17.2 Å². The van der Waals surface area contributed by atoms with Crippen molar-refractivity contribution in [2.45, 2.75) is 6.42 Å². The second-order valence-corrected chi connectivity index (χ2v) is 2.90. The van der Waals surface area contributed by atoms with E-state index < -0.39 is 0 Å². The lowest BCUT2D eigenvalue weighted by Crippen LogP contribution is -1.99. The molecule has 2 nitrogen and oxygen atoms in total. The highest BCUT2D eigenvalue weighted by molar-refractivity contribution is 6.32. The van der Waals surface area contributed by atoms with Gasteiger partial charge in [0.05, 0.1) is 5.02 Å². The Labute approximate surface area is 77.1 Å². The van der Waals surface area contributed by atoms with Crippen LogP contribution in [0.5, 0.6) is 0 Å². The maximum Gasteiger partial charge on any atom is 0.0664 e. The minimum Gasteiger partial charge on any atom is -0.330 e. The quantitative estimate of drug-likeness (QED) is 0.778. The summed E-state index contributed by atoms with van der Waals surface area (Å²) >= 11 is 5.89. The summed E-state index contributed by atoms with van der Waals surface area (Å²) in [4.78, 5) is 3.88. The molecule has 2 N–H and O–H groups in total. The molecule has 0 amide bonds. The van der Waals surface area contributed by atoms with Gasteiger partial charge < -0.3 is 5.73 Å². The van der Waals surface area contributed by atoms with Crippen molar-refractivity contribution < 1.29 is 0 Å². The summed E-state index contributed by atoms with van der Waals surface area (Å²) in [6, 6.07) is 1.85. The third kappa shape index (κ3) is 2.06. The summed E-state index contributed by atoms with van der Waals surface area (Å²) in [6.45, 7) is 4.48. The molecule has 1 heterocycles. The number of hydrogen-bond acceptors (Lipinski definition) is 2. The molecule has 0 saturated heterocycles. The SMILES string of the molecule is C=C(CCN)c1ccncc1Cl. The van der Waals surface area contributed by atoms with Gasteiger partial charge in [-0.15, -0.1) is 0 Å². The van der Waals surface area contributed by atoms with E-state index in [0.717, 1.165) is 17.6 Å². The van der Waals surface area contributed by atoms with Crippen molar-refractivity contribution in [3.05, 3.63) is 35.6 Å². The fraction of sp³-hybridized carbons (Fsp3) is 0.222. The van der Waals surface area contributed by atoms with Crippen molar-refractivity contribution in [2.24, 2.45) is 5.73 Å². The van der Waals surface area contributed by atoms with Gasteiger partial charge in [-0.05, 0) is 30.2 Å². The Morgan fingerprint density at radius 2 is 2.42 bits per heavy atom. The van der Waals surface area contributed by atoms with Crippen LogP contribution < -0.4 is 5.73 Å². The van der Waals surface area contributed by atoms with E-state index in [1.807, 2.05) is 6.07 Å². The van der Waals surface area contributed by atoms with E-state index in [9.17, 15) is 0 Å². The largest absolute Gasteiger partial charge is 0.330 e. The zero-order valence-electron chi connectivity index (χ0n) is 6.76. The third-order valence-corrected chi connectivity index (χ3v) is 1.90. The minimum absolute atomic E-state index is 0.595. The summed E-state index contributed by atoms with van der Waals surface area (Å²) in [7, 11) is 0. The van der Waals surface area contributed by atoms with Crippen LogP contribution in [0.1, 0.15) is 12.0 Å². The monoisotopic (exact) mass is 182 g/mol. The summed E-state index contributed by atoms with van der Waals surface area (Å²) in [5.41, 5.74) is 7.30. The maximum atomic E-state index is 5.89. The van der Waals surface area contributed by atoms with Crippen LogP contribution in [-0.4, -0.2) is 11.5 Å². The lowest BCUT2D eigenvalue weighted by molar-refractivity contribution is 1.02. The molecule has 0 radical (unpaired) electrons. The molecule has 0 aliphatic heterocycles. The van der Waals surface area contributed by atoms with E-state index in [1.54, 1.807) is 12.4 Å². The van der Waals surface area contributed by atoms with Crippen molar-refractivity contribution in [1.82, 2.24) is 4.98 Å². The van der Waals surface area contributed by atoms with Gasteiger partial charge in [0, 0.05) is 12.4 Å². The molecule has 0 aliphatic rings. The standard InChI is InChI=1S/C9H11ClN2/c1-7(2-4-11)8-3-5-12-6-9(8)10/h3,5-6H,1-2,4,11H2. The van der Waals surface area contributed by atoms with Gasteiger partial charge in [-0.1, -0.05) is 18.2 Å². The number of pyridine rings is 1. The smallest absolute Gasteiger partial charge is 0.0664 e. The molecule has 0 saturated carbocycles. The van der Waals surface area contributed by atoms with Gasteiger partial charge in [-0.25, -0.2) is 0 Å². The first-order chi connectivity index (χ1) is 5.75. The summed E-state index contributed by atoms with van der Waals surface area (Å²) in [5, 5.41) is 0.635. The number of nitrogens with zero attached hydrogens (tertiary/aromatic N) is 1. The Morgan fingerprint density at radius 3 is 3.00 bits per heavy atom. The second-order valence-electron chi connectivity index (χ2n) is 2.50. The zero-order chi connectivity index (χ0) is 8.97. The van der Waals surface area contributed by atoms with Crippen LogP contribution in [0, 0.1) is 0 Å². The molecule has 1 aromatic rings. The number of aromatic nitrogens is 1. The Hall–Kier alpha value is -0.860. The maximum absolute atomic E-state index is 5.89. The number of rotatable bonds is 3. The van der Waals surface area contributed by atoms with Gasteiger partial charge in [0.25, 0.3) is 0 Å². The Kier molecular flexibility index (Phi) is 3.26. The van der Waals surface area contributed by atoms with Gasteiger partial charge in [0.2, 0.25) is 0 Å². The van der Waals surface area contributed by atoms with E-state index in [-0.39, 0.29) is 0 Å². The van der Waals surface area contributed by atoms with Crippen molar-refractivity contribution in [2.75, 3.05) is 6.54 Å². The van der Waals surface area contributed by atoms with Gasteiger partial charge in [-0.3, -0.25) is 4.98 Å². The molecule has 12 heavy (non-hydrogen) atoms. The summed E-state index contributed by atoms with van der Waals surface area (Å²) in [5.74, 6) is 0. The van der Waals surface area contributed by atoms with Crippen molar-refractivity contribution in [1.29, 1.82) is 0 Å². The van der Waals surface area contributed by atoms with Gasteiger partial charge >= 0.3 is 0 Å². The molecule has 3 heteroatoms. The normalized spacial score (nSPS) is 9.83. The highest BCUT2D eigenvalue weighted by atomic mass is 35.5. The average Bonchev–Trinajstić information content (AvgIpc) is 2.05. The highest BCUT2D eigenvalue weighted by Crippen LogP contribution is 2.22. The molecule has 0 fully saturated rings. The van der Waals surface area contributed by atoms with E-state index in [1.165, 1.54) is 0 Å². The molecule has 1 aromatic heterocycles. The van der Waals surface area contributed by atoms with E-state index in [2.05, 4.69) is 11.6 Å². The number of halogens is 1. The van der Waals surface area contributed by atoms with Crippen molar-refractivity contribution in [3.8, 4) is 0 Å². The first kappa shape index (κ1) is 9.23. The lowest BCUT2D eigenvalue weighted by Gasteiger charge is -2.04. The molecular weight excluding hydrogens is 172 g/mol. The van der Waals surface area contributed by atoms with Gasteiger partial charge in [0.1, 0.15) is 0 Å². The molecule has 64 valence electrons. The minimum atomic E-state index is 0.595. The second kappa shape index (κ2) is 4.24. The van der Waals surface area contributed by atoms with E-state index in [0.29, 0.717) is 11.6 Å². The molecular formula is C9H11ClN2. The molecule has 0 aromatic carbocycles. The molecule has 1 rings (SSSR count). The van der Waals surface area contributed by atoms with Crippen LogP contribution in [0.15, 0.2) is 25.0 Å². The molecule has 0 aliphatic carbocycles. The summed E-state index contributed by atoms with van der Waals surface area (Å²) < 4.78 is 0. The van der Waals surface area contributed by atoms with Crippen LogP contribution in [0.3, 0.4) is 0 Å². The van der Waals surface area contributed by atoms with Crippen molar-refractivity contribution in [3.63, 3.8) is 0 Å². The Morgan fingerprint density at radius 1 is 1.67 bits per heavy atom. The predicted molar refractivity (Wildman–Crippen MR) is 52.0 cm³/mol. The summed E-state index contributed by atoms with van der Waals surface area (Å²) in [6.07, 6.45) is 4.07. The molecule has 0 unspecified atom stereocenters. The van der Waals surface area contributed by atoms with Crippen LogP contribution in [-0.2, 0) is 0 Å². The van der Waals surface area contributed by atoms with E-state index in [4.69, 9.17) is 17.3 Å².